The van der Waals surface area contributed by atoms with Crippen molar-refractivity contribution in [1.29, 1.82) is 0 Å². The van der Waals surface area contributed by atoms with Gasteiger partial charge in [0.25, 0.3) is 0 Å². The first kappa shape index (κ1) is 27.4. The number of aryl methyl sites for hydroxylation is 1. The molecule has 9 aromatic rings. The smallest absolute Gasteiger partial charge is 0.249 e. The third kappa shape index (κ3) is 4.32. The lowest BCUT2D eigenvalue weighted by Crippen LogP contribution is -2.25. The van der Waals surface area contributed by atoms with Gasteiger partial charge in [-0.1, -0.05) is 63.2 Å². The number of pyridine rings is 1. The van der Waals surface area contributed by atoms with Gasteiger partial charge in [0, 0.05) is 39.9 Å². The third-order valence-electron chi connectivity index (χ3n) is 9.22. The first-order chi connectivity index (χ1) is 22.8. The van der Waals surface area contributed by atoms with E-state index in [2.05, 4.69) is 133 Å². The van der Waals surface area contributed by atoms with E-state index in [9.17, 15) is 0 Å². The molecular weight excluding hydrogens is 580 g/mol. The Hall–Kier alpha value is -5.88. The van der Waals surface area contributed by atoms with Crippen molar-refractivity contribution in [3.63, 3.8) is 0 Å². The number of para-hydroxylation sites is 2. The second kappa shape index (κ2) is 10.1. The van der Waals surface area contributed by atoms with Crippen LogP contribution in [-0.4, -0.2) is 14.1 Å². The molecule has 0 saturated carbocycles. The van der Waals surface area contributed by atoms with Gasteiger partial charge in [-0.25, -0.2) is 9.55 Å². The highest BCUT2D eigenvalue weighted by Gasteiger charge is 2.22. The van der Waals surface area contributed by atoms with Crippen molar-refractivity contribution >= 4 is 54.8 Å². The molecule has 0 aliphatic heterocycles. The highest BCUT2D eigenvalue weighted by atomic mass is 16.5. The Morgan fingerprint density at radius 1 is 0.681 bits per heavy atom. The number of hydrogen-bond acceptors (Lipinski definition) is 3. The molecule has 0 N–H and O–H groups in total. The van der Waals surface area contributed by atoms with E-state index in [4.69, 9.17) is 14.1 Å². The molecule has 9 rings (SSSR count). The SMILES string of the molecule is C[n+]1cn(-c2cccc(Oc3ccc4c5ccccc5n(-c5cc(C(C)(C)C)ccn5)c4c3)c2)c2ccc3c4ccccc4oc3c21. The van der Waals surface area contributed by atoms with Crippen molar-refractivity contribution in [2.75, 3.05) is 0 Å². The molecule has 47 heavy (non-hydrogen) atoms. The summed E-state index contributed by atoms with van der Waals surface area (Å²) in [5, 5.41) is 4.59. The number of nitrogens with zero attached hydrogens (tertiary/aromatic N) is 4. The summed E-state index contributed by atoms with van der Waals surface area (Å²) in [7, 11) is 2.06. The quantitative estimate of drug-likeness (QED) is 0.186. The van der Waals surface area contributed by atoms with Gasteiger partial charge >= 0.3 is 0 Å². The number of benzene rings is 5. The summed E-state index contributed by atoms with van der Waals surface area (Å²) in [6, 6.07) is 39.9. The van der Waals surface area contributed by atoms with Crippen LogP contribution in [0.3, 0.4) is 0 Å². The van der Waals surface area contributed by atoms with Crippen LogP contribution in [0.4, 0.5) is 0 Å². The molecule has 0 unspecified atom stereocenters. The summed E-state index contributed by atoms with van der Waals surface area (Å²) in [4.78, 5) is 4.82. The highest BCUT2D eigenvalue weighted by Crippen LogP contribution is 2.37. The summed E-state index contributed by atoms with van der Waals surface area (Å²) >= 11 is 0. The zero-order valence-corrected chi connectivity index (χ0v) is 26.7. The first-order valence-electron chi connectivity index (χ1n) is 15.9. The van der Waals surface area contributed by atoms with E-state index in [1.165, 1.54) is 10.9 Å². The standard InChI is InChI=1S/C41H33N4O2/c1-41(2,3)26-20-21-42-38(22-26)45-34-14-7-5-12-30(34)31-17-16-29(24-36(31)45)46-28-11-9-10-27(23-28)44-25-43(4)39-35(44)19-18-33-32-13-6-8-15-37(32)47-40(33)39/h5-25H,1-4H3/q+1. The van der Waals surface area contributed by atoms with Crippen LogP contribution in [0.15, 0.2) is 132 Å². The van der Waals surface area contributed by atoms with Crippen molar-refractivity contribution < 1.29 is 13.7 Å². The number of imidazole rings is 1. The van der Waals surface area contributed by atoms with Crippen LogP contribution in [0, 0.1) is 0 Å². The predicted octanol–water partition coefficient (Wildman–Crippen LogP) is 9.94. The highest BCUT2D eigenvalue weighted by molar-refractivity contribution is 6.12. The molecule has 0 bridgehead atoms. The molecule has 4 heterocycles. The minimum Gasteiger partial charge on any atom is -0.457 e. The molecule has 6 heteroatoms. The maximum Gasteiger partial charge on any atom is 0.249 e. The number of ether oxygens (including phenoxy) is 1. The van der Waals surface area contributed by atoms with Crippen LogP contribution in [0.25, 0.3) is 66.3 Å². The van der Waals surface area contributed by atoms with Gasteiger partial charge in [0.2, 0.25) is 11.8 Å². The Morgan fingerprint density at radius 3 is 2.32 bits per heavy atom. The van der Waals surface area contributed by atoms with Gasteiger partial charge in [-0.3, -0.25) is 4.57 Å². The van der Waals surface area contributed by atoms with Crippen LogP contribution in [0.2, 0.25) is 0 Å². The summed E-state index contributed by atoms with van der Waals surface area (Å²) < 4.78 is 19.5. The predicted molar refractivity (Wildman–Crippen MR) is 189 cm³/mol. The Morgan fingerprint density at radius 2 is 1.45 bits per heavy atom. The number of aromatic nitrogens is 4. The minimum absolute atomic E-state index is 0.00982. The number of furan rings is 1. The fourth-order valence-corrected chi connectivity index (χ4v) is 6.90. The van der Waals surface area contributed by atoms with Crippen molar-refractivity contribution in [3.8, 4) is 23.0 Å². The minimum atomic E-state index is 0.00982. The number of hydrogen-bond donors (Lipinski definition) is 0. The van der Waals surface area contributed by atoms with Crippen LogP contribution in [0.1, 0.15) is 26.3 Å². The van der Waals surface area contributed by atoms with Crippen LogP contribution in [0.5, 0.6) is 11.5 Å². The van der Waals surface area contributed by atoms with Gasteiger partial charge in [-0.2, -0.15) is 4.57 Å². The zero-order valence-electron chi connectivity index (χ0n) is 26.7. The van der Waals surface area contributed by atoms with Crippen LogP contribution in [-0.2, 0) is 12.5 Å². The van der Waals surface area contributed by atoms with Gasteiger partial charge in [0.1, 0.15) is 28.6 Å². The van der Waals surface area contributed by atoms with E-state index in [1.54, 1.807) is 0 Å². The molecular formula is C41H33N4O2+. The average molecular weight is 614 g/mol. The molecule has 4 aromatic heterocycles. The Labute approximate surface area is 271 Å². The second-order valence-electron chi connectivity index (χ2n) is 13.3. The number of rotatable bonds is 4. The summed E-state index contributed by atoms with van der Waals surface area (Å²) in [6.45, 7) is 6.69. The molecule has 228 valence electrons. The van der Waals surface area contributed by atoms with Gasteiger partial charge in [-0.15, -0.1) is 0 Å². The van der Waals surface area contributed by atoms with E-state index >= 15 is 0 Å². The van der Waals surface area contributed by atoms with Crippen LogP contribution >= 0.6 is 0 Å². The van der Waals surface area contributed by atoms with E-state index in [1.807, 2.05) is 36.5 Å². The molecule has 0 fully saturated rings. The molecule has 5 aromatic carbocycles. The van der Waals surface area contributed by atoms with E-state index < -0.39 is 0 Å². The summed E-state index contributed by atoms with van der Waals surface area (Å²) in [5.74, 6) is 2.41. The van der Waals surface area contributed by atoms with E-state index in [0.29, 0.717) is 0 Å². The largest absolute Gasteiger partial charge is 0.457 e. The monoisotopic (exact) mass is 613 g/mol. The van der Waals surface area contributed by atoms with E-state index in [0.717, 1.165) is 72.4 Å². The lowest BCUT2D eigenvalue weighted by Gasteiger charge is -2.20. The maximum absolute atomic E-state index is 6.57. The maximum atomic E-state index is 6.57. The van der Waals surface area contributed by atoms with Crippen molar-refractivity contribution in [2.24, 2.45) is 7.05 Å². The van der Waals surface area contributed by atoms with Crippen molar-refractivity contribution in [2.45, 2.75) is 26.2 Å². The van der Waals surface area contributed by atoms with Gasteiger partial charge in [0.15, 0.2) is 11.1 Å². The topological polar surface area (TPSA) is 49.0 Å². The lowest BCUT2D eigenvalue weighted by molar-refractivity contribution is -0.644. The van der Waals surface area contributed by atoms with Crippen molar-refractivity contribution in [3.05, 3.63) is 133 Å². The molecule has 0 radical (unpaired) electrons. The normalized spacial score (nSPS) is 12.3. The molecule has 0 amide bonds. The fraction of sp³-hybridized carbons (Fsp3) is 0.122. The molecule has 0 saturated heterocycles. The van der Waals surface area contributed by atoms with Gasteiger partial charge < -0.3 is 9.15 Å². The molecule has 0 aliphatic rings. The fourth-order valence-electron chi connectivity index (χ4n) is 6.90. The Kier molecular flexibility index (Phi) is 5.87. The third-order valence-corrected chi connectivity index (χ3v) is 9.22. The average Bonchev–Trinajstić information content (AvgIpc) is 3.73. The molecule has 0 spiro atoms. The summed E-state index contributed by atoms with van der Waals surface area (Å²) in [6.07, 6.45) is 4.01. The summed E-state index contributed by atoms with van der Waals surface area (Å²) in [5.41, 5.74) is 8.32. The van der Waals surface area contributed by atoms with Crippen LogP contribution < -0.4 is 9.30 Å². The lowest BCUT2D eigenvalue weighted by atomic mass is 9.88. The Bertz CT molecular complexity index is 2670. The molecule has 0 atom stereocenters. The first-order valence-corrected chi connectivity index (χ1v) is 15.9. The van der Waals surface area contributed by atoms with Gasteiger partial charge in [0.05, 0.1) is 18.1 Å². The molecule has 0 aliphatic carbocycles. The number of fused-ring (bicyclic) bond motifs is 8. The Balaban J connectivity index is 1.13. The van der Waals surface area contributed by atoms with Gasteiger partial charge in [-0.05, 0) is 71.6 Å². The molecule has 6 nitrogen and oxygen atoms in total. The van der Waals surface area contributed by atoms with E-state index in [-0.39, 0.29) is 5.41 Å². The zero-order chi connectivity index (χ0) is 31.9. The van der Waals surface area contributed by atoms with Crippen molar-refractivity contribution in [1.82, 2.24) is 14.1 Å². The second-order valence-corrected chi connectivity index (χ2v) is 13.3.